The zero-order chi connectivity index (χ0) is 24.6. The molecule has 8 heteroatoms. The Morgan fingerprint density at radius 1 is 0.857 bits per heavy atom. The van der Waals surface area contributed by atoms with E-state index in [2.05, 4.69) is 20.4 Å². The number of hydrogen-bond acceptors (Lipinski definition) is 7. The van der Waals surface area contributed by atoms with Crippen molar-refractivity contribution in [1.82, 2.24) is 10.2 Å². The van der Waals surface area contributed by atoms with Crippen molar-refractivity contribution < 1.29 is 19.0 Å². The van der Waals surface area contributed by atoms with E-state index in [1.807, 2.05) is 57.2 Å². The predicted molar refractivity (Wildman–Crippen MR) is 137 cm³/mol. The van der Waals surface area contributed by atoms with Crippen LogP contribution in [0.1, 0.15) is 44.0 Å². The van der Waals surface area contributed by atoms with Gasteiger partial charge in [0.15, 0.2) is 17.3 Å². The van der Waals surface area contributed by atoms with Gasteiger partial charge in [0.2, 0.25) is 5.75 Å². The topological polar surface area (TPSA) is 85.8 Å². The first-order chi connectivity index (χ1) is 17.1. The Morgan fingerprint density at radius 2 is 1.49 bits per heavy atom. The van der Waals surface area contributed by atoms with Crippen LogP contribution in [0.5, 0.6) is 17.2 Å². The lowest BCUT2D eigenvalue weighted by Crippen LogP contribution is -2.19. The fraction of sp³-hybridized carbons (Fsp3) is 0.370. The van der Waals surface area contributed by atoms with E-state index >= 15 is 0 Å². The minimum Gasteiger partial charge on any atom is -0.490 e. The molecule has 8 nitrogen and oxygen atoms in total. The molecule has 2 aromatic carbocycles. The molecule has 0 unspecified atom stereocenters. The molecule has 35 heavy (non-hydrogen) atoms. The van der Waals surface area contributed by atoms with Crippen LogP contribution in [0.2, 0.25) is 0 Å². The van der Waals surface area contributed by atoms with Gasteiger partial charge in [0.05, 0.1) is 25.5 Å². The molecular formula is C27H32N4O4. The molecule has 1 N–H and O–H groups in total. The summed E-state index contributed by atoms with van der Waals surface area (Å²) in [6, 6.07) is 14.9. The Morgan fingerprint density at radius 3 is 2.03 bits per heavy atom. The van der Waals surface area contributed by atoms with Crippen molar-refractivity contribution in [1.29, 1.82) is 0 Å². The highest BCUT2D eigenvalue weighted by atomic mass is 16.5. The predicted octanol–water partition coefficient (Wildman–Crippen LogP) is 5.19. The molecule has 0 spiro atoms. The van der Waals surface area contributed by atoms with Gasteiger partial charge in [-0.2, -0.15) is 0 Å². The van der Waals surface area contributed by atoms with E-state index in [0.717, 1.165) is 30.2 Å². The van der Waals surface area contributed by atoms with E-state index < -0.39 is 0 Å². The van der Waals surface area contributed by atoms with Crippen molar-refractivity contribution in [3.63, 3.8) is 0 Å². The number of aromatic nitrogens is 2. The van der Waals surface area contributed by atoms with Gasteiger partial charge in [-0.1, -0.05) is 12.1 Å². The smallest absolute Gasteiger partial charge is 0.255 e. The molecule has 1 amide bonds. The van der Waals surface area contributed by atoms with Crippen molar-refractivity contribution in [2.75, 3.05) is 43.1 Å². The second kappa shape index (κ2) is 11.6. The maximum absolute atomic E-state index is 13.0. The molecule has 0 radical (unpaired) electrons. The first kappa shape index (κ1) is 24.3. The van der Waals surface area contributed by atoms with Gasteiger partial charge in [0.25, 0.3) is 5.91 Å². The Labute approximate surface area is 206 Å². The molecule has 2 heterocycles. The fourth-order valence-electron chi connectivity index (χ4n) is 4.04. The van der Waals surface area contributed by atoms with E-state index in [4.69, 9.17) is 14.2 Å². The number of anilines is 2. The molecule has 4 rings (SSSR count). The van der Waals surface area contributed by atoms with Crippen molar-refractivity contribution in [2.24, 2.45) is 0 Å². The van der Waals surface area contributed by atoms with Crippen LogP contribution in [-0.2, 0) is 0 Å². The molecule has 0 bridgehead atoms. The molecule has 3 aromatic rings. The first-order valence-electron chi connectivity index (χ1n) is 12.2. The number of amides is 1. The van der Waals surface area contributed by atoms with Gasteiger partial charge in [-0.3, -0.25) is 4.79 Å². The van der Waals surface area contributed by atoms with Crippen LogP contribution >= 0.6 is 0 Å². The number of hydrogen-bond donors (Lipinski definition) is 1. The lowest BCUT2D eigenvalue weighted by atomic mass is 10.1. The standard InChI is InChI=1S/C27H32N4O4/c1-4-33-23-17-20(18-24(34-5-2)26(23)35-6-3)27(32)28-21-11-9-19(10-12-21)22-13-14-25(30-29-22)31-15-7-8-16-31/h9-14,17-18H,4-8,15-16H2,1-3H3,(H,28,32). The second-order valence-electron chi connectivity index (χ2n) is 8.10. The first-order valence-corrected chi connectivity index (χ1v) is 12.2. The number of benzene rings is 2. The summed E-state index contributed by atoms with van der Waals surface area (Å²) in [6.07, 6.45) is 2.40. The molecule has 0 aliphatic carbocycles. The minimum absolute atomic E-state index is 0.266. The van der Waals surface area contributed by atoms with Gasteiger partial charge >= 0.3 is 0 Å². The monoisotopic (exact) mass is 476 g/mol. The largest absolute Gasteiger partial charge is 0.490 e. The van der Waals surface area contributed by atoms with E-state index in [1.54, 1.807) is 12.1 Å². The summed E-state index contributed by atoms with van der Waals surface area (Å²) in [6.45, 7) is 9.08. The van der Waals surface area contributed by atoms with Crippen LogP contribution in [0.3, 0.4) is 0 Å². The number of ether oxygens (including phenoxy) is 3. The normalized spacial score (nSPS) is 12.9. The zero-order valence-corrected chi connectivity index (χ0v) is 20.5. The van der Waals surface area contributed by atoms with Gasteiger partial charge in [-0.05, 0) is 70.0 Å². The number of nitrogens with zero attached hydrogens (tertiary/aromatic N) is 3. The van der Waals surface area contributed by atoms with Crippen LogP contribution in [0.4, 0.5) is 11.5 Å². The molecule has 184 valence electrons. The summed E-state index contributed by atoms with van der Waals surface area (Å²) in [5.41, 5.74) is 2.82. The molecule has 1 aliphatic rings. The molecule has 0 atom stereocenters. The maximum atomic E-state index is 13.0. The van der Waals surface area contributed by atoms with Gasteiger partial charge in [0.1, 0.15) is 0 Å². The number of nitrogens with one attached hydrogen (secondary N) is 1. The Hall–Kier alpha value is -3.81. The highest BCUT2D eigenvalue weighted by molar-refractivity contribution is 6.05. The highest BCUT2D eigenvalue weighted by Gasteiger charge is 2.19. The van der Waals surface area contributed by atoms with Crippen molar-refractivity contribution in [3.05, 3.63) is 54.1 Å². The summed E-state index contributed by atoms with van der Waals surface area (Å²) in [7, 11) is 0. The Balaban J connectivity index is 1.48. The lowest BCUT2D eigenvalue weighted by molar-refractivity contribution is 0.102. The highest BCUT2D eigenvalue weighted by Crippen LogP contribution is 2.39. The average molecular weight is 477 g/mol. The van der Waals surface area contributed by atoms with E-state index in [1.165, 1.54) is 12.8 Å². The summed E-state index contributed by atoms with van der Waals surface area (Å²) in [5, 5.41) is 11.7. The Kier molecular flexibility index (Phi) is 8.03. The zero-order valence-electron chi connectivity index (χ0n) is 20.5. The molecule has 1 aromatic heterocycles. The van der Waals surface area contributed by atoms with Crippen molar-refractivity contribution in [3.8, 4) is 28.5 Å². The second-order valence-corrected chi connectivity index (χ2v) is 8.10. The third kappa shape index (κ3) is 5.82. The maximum Gasteiger partial charge on any atom is 0.255 e. The van der Waals surface area contributed by atoms with Crippen LogP contribution < -0.4 is 24.4 Å². The summed E-state index contributed by atoms with van der Waals surface area (Å²) in [4.78, 5) is 15.3. The SMILES string of the molecule is CCOc1cc(C(=O)Nc2ccc(-c3ccc(N4CCCC4)nn3)cc2)cc(OCC)c1OCC. The van der Waals surface area contributed by atoms with Crippen LogP contribution in [0, 0.1) is 0 Å². The summed E-state index contributed by atoms with van der Waals surface area (Å²) < 4.78 is 17.2. The molecular weight excluding hydrogens is 444 g/mol. The van der Waals surface area contributed by atoms with Crippen LogP contribution in [0.25, 0.3) is 11.3 Å². The minimum atomic E-state index is -0.266. The molecule has 1 aliphatic heterocycles. The van der Waals surface area contributed by atoms with Crippen molar-refractivity contribution in [2.45, 2.75) is 33.6 Å². The van der Waals surface area contributed by atoms with Gasteiger partial charge in [-0.25, -0.2) is 0 Å². The van der Waals surface area contributed by atoms with Gasteiger partial charge < -0.3 is 24.4 Å². The van der Waals surface area contributed by atoms with Gasteiger partial charge in [0, 0.05) is 29.9 Å². The summed E-state index contributed by atoms with van der Waals surface area (Å²) >= 11 is 0. The van der Waals surface area contributed by atoms with Crippen LogP contribution in [-0.4, -0.2) is 49.0 Å². The van der Waals surface area contributed by atoms with E-state index in [9.17, 15) is 4.79 Å². The average Bonchev–Trinajstić information content (AvgIpc) is 3.42. The fourth-order valence-corrected chi connectivity index (χ4v) is 4.04. The molecule has 0 saturated carbocycles. The Bertz CT molecular complexity index is 1100. The molecule has 1 saturated heterocycles. The lowest BCUT2D eigenvalue weighted by Gasteiger charge is -2.17. The van der Waals surface area contributed by atoms with E-state index in [0.29, 0.717) is 48.3 Å². The van der Waals surface area contributed by atoms with Gasteiger partial charge in [-0.15, -0.1) is 10.2 Å². The van der Waals surface area contributed by atoms with E-state index in [-0.39, 0.29) is 5.91 Å². The summed E-state index contributed by atoms with van der Waals surface area (Å²) in [5.74, 6) is 2.13. The van der Waals surface area contributed by atoms with Crippen molar-refractivity contribution >= 4 is 17.4 Å². The quantitative estimate of drug-likeness (QED) is 0.431. The molecule has 1 fully saturated rings. The third-order valence-electron chi connectivity index (χ3n) is 5.69. The number of rotatable bonds is 10. The third-order valence-corrected chi connectivity index (χ3v) is 5.69. The number of carbonyl (C=O) groups is 1. The number of carbonyl (C=O) groups excluding carboxylic acids is 1. The van der Waals surface area contributed by atoms with Crippen LogP contribution in [0.15, 0.2) is 48.5 Å².